The fourth-order valence-electron chi connectivity index (χ4n) is 2.42. The number of fused-ring (bicyclic) bond motifs is 1. The molecular weight excluding hydrogens is 269 g/mol. The molecule has 1 aromatic heterocycles. The summed E-state index contributed by atoms with van der Waals surface area (Å²) in [6, 6.07) is 12.1. The molecule has 104 valence electrons. The van der Waals surface area contributed by atoms with Crippen molar-refractivity contribution < 1.29 is 9.13 Å². The molecule has 1 heterocycles. The Morgan fingerprint density at radius 3 is 2.71 bits per heavy atom. The smallest absolute Gasteiger partial charge is 0.147 e. The van der Waals surface area contributed by atoms with E-state index in [-0.39, 0.29) is 0 Å². The van der Waals surface area contributed by atoms with Crippen LogP contribution in [0, 0.1) is 17.1 Å². The summed E-state index contributed by atoms with van der Waals surface area (Å²) in [6.45, 7) is 0. The lowest BCUT2D eigenvalue weighted by Gasteiger charge is -2.09. The van der Waals surface area contributed by atoms with E-state index >= 15 is 0 Å². The van der Waals surface area contributed by atoms with Gasteiger partial charge in [-0.3, -0.25) is 0 Å². The van der Waals surface area contributed by atoms with Crippen molar-refractivity contribution in [3.63, 3.8) is 0 Å². The minimum Gasteiger partial charge on any atom is -0.496 e. The van der Waals surface area contributed by atoms with Gasteiger partial charge in [0.25, 0.3) is 0 Å². The van der Waals surface area contributed by atoms with E-state index in [1.165, 1.54) is 13.2 Å². The Kier molecular flexibility index (Phi) is 3.07. The second-order valence-corrected chi connectivity index (χ2v) is 4.60. The predicted molar refractivity (Wildman–Crippen MR) is 77.4 cm³/mol. The molecule has 0 aliphatic carbocycles. The summed E-state index contributed by atoms with van der Waals surface area (Å²) >= 11 is 0. The van der Waals surface area contributed by atoms with Crippen LogP contribution in [0.1, 0.15) is 5.56 Å². The number of benzene rings is 2. The van der Waals surface area contributed by atoms with Crippen LogP contribution in [0.4, 0.5) is 4.39 Å². The molecule has 0 fully saturated rings. The number of ether oxygens (including phenoxy) is 1. The fourth-order valence-corrected chi connectivity index (χ4v) is 2.42. The number of aryl methyl sites for hydroxylation is 1. The van der Waals surface area contributed by atoms with Gasteiger partial charge in [0.15, 0.2) is 0 Å². The molecule has 0 unspecified atom stereocenters. The van der Waals surface area contributed by atoms with Crippen LogP contribution < -0.4 is 4.74 Å². The zero-order valence-electron chi connectivity index (χ0n) is 11.6. The Labute approximate surface area is 121 Å². The third-order valence-electron chi connectivity index (χ3n) is 3.45. The van der Waals surface area contributed by atoms with Crippen LogP contribution in [0.25, 0.3) is 22.4 Å². The number of halogens is 1. The van der Waals surface area contributed by atoms with Crippen LogP contribution in [0.15, 0.2) is 36.4 Å². The van der Waals surface area contributed by atoms with Gasteiger partial charge in [-0.25, -0.2) is 9.37 Å². The SMILES string of the molecule is COc1cccc(F)c1-c1nc2c(C#N)cccc2n1C. The minimum atomic E-state index is -0.411. The molecule has 2 aromatic carbocycles. The lowest BCUT2D eigenvalue weighted by molar-refractivity contribution is 0.413. The number of para-hydroxylation sites is 1. The Morgan fingerprint density at radius 2 is 2.00 bits per heavy atom. The van der Waals surface area contributed by atoms with Crippen LogP contribution in [0.5, 0.6) is 5.75 Å². The van der Waals surface area contributed by atoms with Crippen LogP contribution in [-0.4, -0.2) is 16.7 Å². The molecule has 0 radical (unpaired) electrons. The lowest BCUT2D eigenvalue weighted by Crippen LogP contribution is -1.98. The van der Waals surface area contributed by atoms with E-state index in [1.54, 1.807) is 35.9 Å². The Balaban J connectivity index is 2.38. The van der Waals surface area contributed by atoms with E-state index < -0.39 is 5.82 Å². The van der Waals surface area contributed by atoms with Crippen molar-refractivity contribution >= 4 is 11.0 Å². The summed E-state index contributed by atoms with van der Waals surface area (Å²) in [5.41, 5.74) is 2.09. The molecule has 0 saturated carbocycles. The molecule has 0 amide bonds. The first-order chi connectivity index (χ1) is 10.2. The molecule has 3 rings (SSSR count). The number of imidazole rings is 1. The summed E-state index contributed by atoms with van der Waals surface area (Å²) in [6.07, 6.45) is 0. The number of hydrogen-bond donors (Lipinski definition) is 0. The van der Waals surface area contributed by atoms with Crippen molar-refractivity contribution in [1.82, 2.24) is 9.55 Å². The first kappa shape index (κ1) is 13.1. The van der Waals surface area contributed by atoms with Gasteiger partial charge in [-0.2, -0.15) is 5.26 Å². The Bertz CT molecular complexity index is 877. The molecule has 0 aliphatic rings. The Hall–Kier alpha value is -2.87. The van der Waals surface area contributed by atoms with Gasteiger partial charge in [0, 0.05) is 7.05 Å². The van der Waals surface area contributed by atoms with E-state index in [2.05, 4.69) is 11.1 Å². The second-order valence-electron chi connectivity index (χ2n) is 4.60. The van der Waals surface area contributed by atoms with Crippen molar-refractivity contribution in [1.29, 1.82) is 5.26 Å². The van der Waals surface area contributed by atoms with Gasteiger partial charge in [-0.05, 0) is 24.3 Å². The van der Waals surface area contributed by atoms with Crippen molar-refractivity contribution in [3.8, 4) is 23.2 Å². The van der Waals surface area contributed by atoms with Gasteiger partial charge in [-0.1, -0.05) is 12.1 Å². The molecule has 0 atom stereocenters. The topological polar surface area (TPSA) is 50.8 Å². The normalized spacial score (nSPS) is 10.6. The number of hydrogen-bond acceptors (Lipinski definition) is 3. The Morgan fingerprint density at radius 1 is 1.24 bits per heavy atom. The summed E-state index contributed by atoms with van der Waals surface area (Å²) in [7, 11) is 3.28. The van der Waals surface area contributed by atoms with Crippen molar-refractivity contribution in [2.75, 3.05) is 7.11 Å². The highest BCUT2D eigenvalue weighted by Gasteiger charge is 2.19. The summed E-state index contributed by atoms with van der Waals surface area (Å²) in [5.74, 6) is 0.431. The second kappa shape index (κ2) is 4.91. The average Bonchev–Trinajstić information content (AvgIpc) is 2.84. The van der Waals surface area contributed by atoms with E-state index in [0.717, 1.165) is 5.52 Å². The maximum Gasteiger partial charge on any atom is 0.147 e. The zero-order chi connectivity index (χ0) is 15.0. The third kappa shape index (κ3) is 1.93. The van der Waals surface area contributed by atoms with E-state index in [9.17, 15) is 4.39 Å². The molecule has 0 spiro atoms. The van der Waals surface area contributed by atoms with Gasteiger partial charge in [0.1, 0.15) is 29.0 Å². The van der Waals surface area contributed by atoms with Gasteiger partial charge < -0.3 is 9.30 Å². The van der Waals surface area contributed by atoms with Crippen LogP contribution >= 0.6 is 0 Å². The number of nitrogens with zero attached hydrogens (tertiary/aromatic N) is 3. The maximum absolute atomic E-state index is 14.2. The van der Waals surface area contributed by atoms with E-state index in [0.29, 0.717) is 28.2 Å². The highest BCUT2D eigenvalue weighted by Crippen LogP contribution is 2.34. The maximum atomic E-state index is 14.2. The number of methoxy groups -OCH3 is 1. The van der Waals surface area contributed by atoms with Gasteiger partial charge in [-0.15, -0.1) is 0 Å². The standard InChI is InChI=1S/C16H12FN3O/c1-20-12-7-3-5-10(9-18)15(12)19-16(20)14-11(17)6-4-8-13(14)21-2/h3-8H,1-2H3. The number of rotatable bonds is 2. The monoisotopic (exact) mass is 281 g/mol. The first-order valence-electron chi connectivity index (χ1n) is 6.35. The molecule has 5 heteroatoms. The quantitative estimate of drug-likeness (QED) is 0.724. The molecule has 21 heavy (non-hydrogen) atoms. The molecule has 0 bridgehead atoms. The number of nitriles is 1. The largest absolute Gasteiger partial charge is 0.496 e. The molecule has 3 aromatic rings. The summed E-state index contributed by atoms with van der Waals surface area (Å²) in [5, 5.41) is 9.16. The predicted octanol–water partition coefficient (Wildman–Crippen LogP) is 3.26. The van der Waals surface area contributed by atoms with Crippen molar-refractivity contribution in [2.24, 2.45) is 7.05 Å². The minimum absolute atomic E-state index is 0.294. The van der Waals surface area contributed by atoms with Crippen LogP contribution in [-0.2, 0) is 7.05 Å². The molecular formula is C16H12FN3O. The van der Waals surface area contributed by atoms with Crippen LogP contribution in [0.2, 0.25) is 0 Å². The molecule has 4 nitrogen and oxygen atoms in total. The molecule has 0 N–H and O–H groups in total. The van der Waals surface area contributed by atoms with Crippen LogP contribution in [0.3, 0.4) is 0 Å². The van der Waals surface area contributed by atoms with Gasteiger partial charge in [0.05, 0.1) is 23.8 Å². The zero-order valence-corrected chi connectivity index (χ0v) is 11.6. The van der Waals surface area contributed by atoms with E-state index in [1.807, 2.05) is 6.07 Å². The highest BCUT2D eigenvalue weighted by molar-refractivity contribution is 5.86. The van der Waals surface area contributed by atoms with Crippen molar-refractivity contribution in [3.05, 3.63) is 47.8 Å². The third-order valence-corrected chi connectivity index (χ3v) is 3.45. The van der Waals surface area contributed by atoms with Gasteiger partial charge >= 0.3 is 0 Å². The molecule has 0 saturated heterocycles. The number of aromatic nitrogens is 2. The molecule has 0 aliphatic heterocycles. The van der Waals surface area contributed by atoms with Gasteiger partial charge in [0.2, 0.25) is 0 Å². The lowest BCUT2D eigenvalue weighted by atomic mass is 10.1. The summed E-state index contributed by atoms with van der Waals surface area (Å²) in [4.78, 5) is 4.44. The van der Waals surface area contributed by atoms with Crippen molar-refractivity contribution in [2.45, 2.75) is 0 Å². The fraction of sp³-hybridized carbons (Fsp3) is 0.125. The summed E-state index contributed by atoms with van der Waals surface area (Å²) < 4.78 is 21.2. The average molecular weight is 281 g/mol. The highest BCUT2D eigenvalue weighted by atomic mass is 19.1. The van der Waals surface area contributed by atoms with E-state index in [4.69, 9.17) is 10.00 Å². The first-order valence-corrected chi connectivity index (χ1v) is 6.35.